The van der Waals surface area contributed by atoms with Gasteiger partial charge in [-0.25, -0.2) is 4.98 Å². The number of aliphatic imine (C=N–C) groups is 1. The number of nitrogens with two attached hydrogens (primary N) is 1. The van der Waals surface area contributed by atoms with E-state index in [0.717, 1.165) is 44.3 Å². The van der Waals surface area contributed by atoms with Crippen LogP contribution < -0.4 is 10.6 Å². The van der Waals surface area contributed by atoms with E-state index >= 15 is 0 Å². The molecule has 1 fully saturated rings. The molecule has 1 aliphatic rings. The Bertz CT molecular complexity index is 645. The fourth-order valence-corrected chi connectivity index (χ4v) is 3.48. The Kier molecular flexibility index (Phi) is 5.12. The highest BCUT2D eigenvalue weighted by Gasteiger charge is 2.19. The Labute approximate surface area is 141 Å². The van der Waals surface area contributed by atoms with Crippen molar-refractivity contribution in [1.82, 2.24) is 9.88 Å². The highest BCUT2D eigenvalue weighted by molar-refractivity contribution is 7.13. The summed E-state index contributed by atoms with van der Waals surface area (Å²) in [5.74, 6) is 0.664. The lowest BCUT2D eigenvalue weighted by Gasteiger charge is -2.35. The molecule has 23 heavy (non-hydrogen) atoms. The highest BCUT2D eigenvalue weighted by atomic mass is 32.1. The van der Waals surface area contributed by atoms with E-state index in [2.05, 4.69) is 51.0 Å². The van der Waals surface area contributed by atoms with Gasteiger partial charge in [-0.3, -0.25) is 4.99 Å². The number of aryl methyl sites for hydroxylation is 1. The first kappa shape index (κ1) is 15.8. The molecule has 1 aromatic carbocycles. The maximum absolute atomic E-state index is 6.16. The van der Waals surface area contributed by atoms with Crippen molar-refractivity contribution >= 4 is 22.4 Å². The lowest BCUT2D eigenvalue weighted by Crippen LogP contribution is -2.51. The lowest BCUT2D eigenvalue weighted by molar-refractivity contribution is 0.380. The molecule has 6 heteroatoms. The zero-order valence-corrected chi connectivity index (χ0v) is 14.3. The zero-order chi connectivity index (χ0) is 16.1. The van der Waals surface area contributed by atoms with E-state index in [1.54, 1.807) is 11.3 Å². The third kappa shape index (κ3) is 4.01. The minimum atomic E-state index is 0.664. The van der Waals surface area contributed by atoms with Crippen LogP contribution in [0.1, 0.15) is 11.1 Å². The lowest BCUT2D eigenvalue weighted by atomic mass is 10.1. The number of aromatic nitrogens is 1. The third-order valence-corrected chi connectivity index (χ3v) is 5.04. The van der Waals surface area contributed by atoms with Crippen LogP contribution >= 0.6 is 11.3 Å². The molecule has 1 aromatic heterocycles. The number of thiazole rings is 1. The first-order chi connectivity index (χ1) is 11.2. The summed E-state index contributed by atoms with van der Waals surface area (Å²) < 4.78 is 0. The van der Waals surface area contributed by atoms with Crippen LogP contribution in [-0.4, -0.2) is 48.6 Å². The van der Waals surface area contributed by atoms with Gasteiger partial charge in [0.25, 0.3) is 0 Å². The van der Waals surface area contributed by atoms with Crippen molar-refractivity contribution in [1.29, 1.82) is 0 Å². The van der Waals surface area contributed by atoms with Crippen molar-refractivity contribution in [3.63, 3.8) is 0 Å². The van der Waals surface area contributed by atoms with Gasteiger partial charge in [0.15, 0.2) is 11.1 Å². The summed E-state index contributed by atoms with van der Waals surface area (Å²) in [6.45, 7) is 6.57. The molecule has 2 aromatic rings. The zero-order valence-electron chi connectivity index (χ0n) is 13.5. The van der Waals surface area contributed by atoms with Gasteiger partial charge in [0.2, 0.25) is 0 Å². The van der Waals surface area contributed by atoms with E-state index < -0.39 is 0 Å². The predicted molar refractivity (Wildman–Crippen MR) is 97.3 cm³/mol. The first-order valence-corrected chi connectivity index (χ1v) is 8.86. The van der Waals surface area contributed by atoms with Crippen LogP contribution in [-0.2, 0) is 6.42 Å². The average Bonchev–Trinajstić information content (AvgIpc) is 3.11. The maximum Gasteiger partial charge on any atom is 0.191 e. The van der Waals surface area contributed by atoms with Crippen molar-refractivity contribution in [2.75, 3.05) is 37.6 Å². The second-order valence-electron chi connectivity index (χ2n) is 5.71. The average molecular weight is 329 g/mol. The second kappa shape index (κ2) is 7.46. The summed E-state index contributed by atoms with van der Waals surface area (Å²) >= 11 is 1.69. The minimum Gasteiger partial charge on any atom is -0.370 e. The summed E-state index contributed by atoms with van der Waals surface area (Å²) in [6.07, 6.45) is 2.79. The molecule has 1 saturated heterocycles. The van der Waals surface area contributed by atoms with Gasteiger partial charge in [-0.1, -0.05) is 24.3 Å². The van der Waals surface area contributed by atoms with Crippen LogP contribution in [0.25, 0.3) is 0 Å². The van der Waals surface area contributed by atoms with Gasteiger partial charge in [0.1, 0.15) is 0 Å². The molecular formula is C17H23N5S. The second-order valence-corrected chi connectivity index (χ2v) is 6.58. The van der Waals surface area contributed by atoms with Gasteiger partial charge in [-0.05, 0) is 24.5 Å². The predicted octanol–water partition coefficient (Wildman–Crippen LogP) is 2.13. The largest absolute Gasteiger partial charge is 0.370 e. The van der Waals surface area contributed by atoms with E-state index in [4.69, 9.17) is 5.73 Å². The molecule has 0 atom stereocenters. The molecule has 1 aliphatic heterocycles. The van der Waals surface area contributed by atoms with Crippen molar-refractivity contribution in [2.24, 2.45) is 10.7 Å². The molecule has 122 valence electrons. The normalized spacial score (nSPS) is 16.0. The number of nitrogens with zero attached hydrogens (tertiary/aromatic N) is 4. The Morgan fingerprint density at radius 1 is 1.26 bits per heavy atom. The summed E-state index contributed by atoms with van der Waals surface area (Å²) in [6, 6.07) is 8.44. The van der Waals surface area contributed by atoms with Crippen LogP contribution in [0.2, 0.25) is 0 Å². The first-order valence-electron chi connectivity index (χ1n) is 7.98. The fourth-order valence-electron chi connectivity index (χ4n) is 2.78. The van der Waals surface area contributed by atoms with Crippen molar-refractivity contribution in [2.45, 2.75) is 13.3 Å². The minimum absolute atomic E-state index is 0.664. The number of hydrogen-bond donors (Lipinski definition) is 1. The SMILES string of the molecule is Cc1ccccc1CCN=C(N)N1CCN(c2nccs2)CC1. The van der Waals surface area contributed by atoms with Crippen molar-refractivity contribution in [3.05, 3.63) is 47.0 Å². The summed E-state index contributed by atoms with van der Waals surface area (Å²) in [5, 5.41) is 3.11. The molecule has 3 rings (SSSR count). The van der Waals surface area contributed by atoms with Gasteiger partial charge in [-0.15, -0.1) is 11.3 Å². The van der Waals surface area contributed by atoms with Crippen molar-refractivity contribution < 1.29 is 0 Å². The number of rotatable bonds is 4. The molecule has 0 bridgehead atoms. The van der Waals surface area contributed by atoms with E-state index in [1.165, 1.54) is 11.1 Å². The molecular weight excluding hydrogens is 306 g/mol. The van der Waals surface area contributed by atoms with Crippen LogP contribution in [0.15, 0.2) is 40.8 Å². The van der Waals surface area contributed by atoms with Crippen LogP contribution in [0.5, 0.6) is 0 Å². The molecule has 2 heterocycles. The topological polar surface area (TPSA) is 57.8 Å². The summed E-state index contributed by atoms with van der Waals surface area (Å²) in [4.78, 5) is 13.4. The number of benzene rings is 1. The maximum atomic E-state index is 6.16. The van der Waals surface area contributed by atoms with E-state index in [0.29, 0.717) is 5.96 Å². The van der Waals surface area contributed by atoms with Gasteiger partial charge in [-0.2, -0.15) is 0 Å². The van der Waals surface area contributed by atoms with Crippen LogP contribution in [0.3, 0.4) is 0 Å². The molecule has 5 nitrogen and oxygen atoms in total. The van der Waals surface area contributed by atoms with Crippen LogP contribution in [0, 0.1) is 6.92 Å². The molecule has 0 saturated carbocycles. The molecule has 0 unspecified atom stereocenters. The van der Waals surface area contributed by atoms with E-state index in [9.17, 15) is 0 Å². The monoisotopic (exact) mass is 329 g/mol. The standard InChI is InChI=1S/C17H23N5S/c1-14-4-2-3-5-15(14)6-7-19-16(18)21-9-11-22(12-10-21)17-20-8-13-23-17/h2-5,8,13H,6-7,9-12H2,1H3,(H2,18,19). The Morgan fingerprint density at radius 2 is 2.04 bits per heavy atom. The Morgan fingerprint density at radius 3 is 2.74 bits per heavy atom. The summed E-state index contributed by atoms with van der Waals surface area (Å²) in [5.41, 5.74) is 8.82. The Balaban J connectivity index is 1.49. The third-order valence-electron chi connectivity index (χ3n) is 4.21. The van der Waals surface area contributed by atoms with Gasteiger partial charge >= 0.3 is 0 Å². The Hall–Kier alpha value is -2.08. The number of anilines is 1. The fraction of sp³-hybridized carbons (Fsp3) is 0.412. The van der Waals surface area contributed by atoms with Gasteiger partial charge < -0.3 is 15.5 Å². The molecule has 0 aliphatic carbocycles. The molecule has 0 radical (unpaired) electrons. The number of piperazine rings is 1. The summed E-state index contributed by atoms with van der Waals surface area (Å²) in [7, 11) is 0. The van der Waals surface area contributed by atoms with Crippen LogP contribution in [0.4, 0.5) is 5.13 Å². The van der Waals surface area contributed by atoms with Gasteiger partial charge in [0.05, 0.1) is 0 Å². The highest BCUT2D eigenvalue weighted by Crippen LogP contribution is 2.18. The quantitative estimate of drug-likeness (QED) is 0.690. The smallest absolute Gasteiger partial charge is 0.191 e. The molecule has 0 spiro atoms. The molecule has 0 amide bonds. The van der Waals surface area contributed by atoms with E-state index in [-0.39, 0.29) is 0 Å². The van der Waals surface area contributed by atoms with E-state index in [1.807, 2.05) is 11.6 Å². The van der Waals surface area contributed by atoms with Gasteiger partial charge in [0, 0.05) is 44.3 Å². The number of guanidine groups is 1. The molecule has 2 N–H and O–H groups in total. The van der Waals surface area contributed by atoms with Crippen molar-refractivity contribution in [3.8, 4) is 0 Å². The number of hydrogen-bond acceptors (Lipinski definition) is 4.